The zero-order valence-electron chi connectivity index (χ0n) is 14.8. The lowest BCUT2D eigenvalue weighted by Gasteiger charge is -2.20. The van der Waals surface area contributed by atoms with E-state index in [9.17, 15) is 19.8 Å². The Morgan fingerprint density at radius 1 is 0.769 bits per heavy atom. The smallest absolute Gasteiger partial charge is 0.256 e. The molecule has 26 heavy (non-hydrogen) atoms. The molecule has 0 radical (unpaired) electrons. The van der Waals surface area contributed by atoms with Crippen molar-refractivity contribution in [2.75, 3.05) is 0 Å². The fourth-order valence-corrected chi connectivity index (χ4v) is 3.16. The van der Waals surface area contributed by atoms with Crippen molar-refractivity contribution in [2.45, 2.75) is 26.7 Å². The number of rotatable bonds is 3. The van der Waals surface area contributed by atoms with E-state index in [1.54, 1.807) is 26.0 Å². The highest BCUT2D eigenvalue weighted by Crippen LogP contribution is 2.36. The summed E-state index contributed by atoms with van der Waals surface area (Å²) in [4.78, 5) is 30.5. The summed E-state index contributed by atoms with van der Waals surface area (Å²) in [6.07, 6.45) is 0. The van der Waals surface area contributed by atoms with Gasteiger partial charge in [0.05, 0.1) is 17.0 Å². The average molecular weight is 352 g/mol. The maximum Gasteiger partial charge on any atom is 0.256 e. The predicted molar refractivity (Wildman–Crippen MR) is 99.1 cm³/mol. The molecule has 0 amide bonds. The number of aromatic amines is 2. The van der Waals surface area contributed by atoms with Gasteiger partial charge in [-0.2, -0.15) is 0 Å². The molecule has 0 saturated carbocycles. The number of hydrogen-bond acceptors (Lipinski definition) is 4. The maximum atomic E-state index is 12.6. The summed E-state index contributed by atoms with van der Waals surface area (Å²) in [7, 11) is 0. The molecule has 6 nitrogen and oxygen atoms in total. The van der Waals surface area contributed by atoms with Crippen LogP contribution < -0.4 is 11.1 Å². The molecule has 3 rings (SSSR count). The summed E-state index contributed by atoms with van der Waals surface area (Å²) < 4.78 is 0. The molecule has 0 aliphatic heterocycles. The van der Waals surface area contributed by atoms with Crippen molar-refractivity contribution in [2.24, 2.45) is 0 Å². The van der Waals surface area contributed by atoms with Crippen LogP contribution in [-0.2, 0) is 0 Å². The van der Waals surface area contributed by atoms with Crippen molar-refractivity contribution in [3.05, 3.63) is 90.7 Å². The summed E-state index contributed by atoms with van der Waals surface area (Å²) in [5.41, 5.74) is 1.65. The van der Waals surface area contributed by atoms with E-state index >= 15 is 0 Å². The Morgan fingerprint density at radius 3 is 1.58 bits per heavy atom. The first kappa shape index (κ1) is 17.5. The van der Waals surface area contributed by atoms with E-state index < -0.39 is 17.0 Å². The van der Waals surface area contributed by atoms with Crippen LogP contribution in [0.5, 0.6) is 11.5 Å². The second-order valence-electron chi connectivity index (χ2n) is 6.50. The van der Waals surface area contributed by atoms with Gasteiger partial charge < -0.3 is 20.2 Å². The molecular weight excluding hydrogens is 332 g/mol. The molecule has 0 bridgehead atoms. The van der Waals surface area contributed by atoms with Crippen LogP contribution in [-0.4, -0.2) is 20.2 Å². The SMILES string of the molecule is Cc1ccc(C(c2c(O)cc(C)[nH]c2=O)c2c(O)cc(C)[nH]c2=O)cc1. The van der Waals surface area contributed by atoms with Gasteiger partial charge in [0.15, 0.2) is 0 Å². The van der Waals surface area contributed by atoms with Gasteiger partial charge in [0.25, 0.3) is 11.1 Å². The van der Waals surface area contributed by atoms with E-state index in [4.69, 9.17) is 0 Å². The van der Waals surface area contributed by atoms with Gasteiger partial charge in [-0.1, -0.05) is 29.8 Å². The van der Waals surface area contributed by atoms with Crippen molar-refractivity contribution in [3.8, 4) is 11.5 Å². The van der Waals surface area contributed by atoms with Crippen LogP contribution in [0.1, 0.15) is 39.6 Å². The van der Waals surface area contributed by atoms with Crippen LogP contribution in [0.4, 0.5) is 0 Å². The molecule has 0 aliphatic rings. The van der Waals surface area contributed by atoms with Crippen LogP contribution in [0.15, 0.2) is 46.0 Å². The van der Waals surface area contributed by atoms with Gasteiger partial charge >= 0.3 is 0 Å². The number of benzene rings is 1. The molecule has 6 heteroatoms. The summed E-state index contributed by atoms with van der Waals surface area (Å²) in [6, 6.07) is 10.1. The number of nitrogens with one attached hydrogen (secondary N) is 2. The van der Waals surface area contributed by atoms with Gasteiger partial charge in [0.1, 0.15) is 11.5 Å². The third-order valence-corrected chi connectivity index (χ3v) is 4.36. The summed E-state index contributed by atoms with van der Waals surface area (Å²) >= 11 is 0. The van der Waals surface area contributed by atoms with Gasteiger partial charge in [-0.05, 0) is 38.5 Å². The standard InChI is InChI=1S/C20H20N2O4/c1-10-4-6-13(7-5-10)16(17-14(23)8-11(2)21-19(17)25)18-15(24)9-12(3)22-20(18)26/h4-9,16H,1-3H3,(H2,21,23,25)(H2,22,24,26). The van der Waals surface area contributed by atoms with E-state index in [0.29, 0.717) is 17.0 Å². The Balaban J connectivity index is 2.38. The number of H-pyrrole nitrogens is 2. The minimum atomic E-state index is -0.913. The first-order valence-corrected chi connectivity index (χ1v) is 8.20. The minimum absolute atomic E-state index is 0.0177. The molecule has 4 N–H and O–H groups in total. The van der Waals surface area contributed by atoms with Crippen LogP contribution in [0.3, 0.4) is 0 Å². The zero-order valence-corrected chi connectivity index (χ0v) is 14.8. The van der Waals surface area contributed by atoms with E-state index in [1.165, 1.54) is 12.1 Å². The molecule has 3 aromatic rings. The van der Waals surface area contributed by atoms with Crippen molar-refractivity contribution in [3.63, 3.8) is 0 Å². The third kappa shape index (κ3) is 3.13. The Bertz CT molecular complexity index is 1010. The van der Waals surface area contributed by atoms with Crippen molar-refractivity contribution in [1.82, 2.24) is 9.97 Å². The van der Waals surface area contributed by atoms with Gasteiger partial charge in [0.2, 0.25) is 0 Å². The molecule has 0 aliphatic carbocycles. The first-order chi connectivity index (χ1) is 12.3. The lowest BCUT2D eigenvalue weighted by molar-refractivity contribution is 0.454. The van der Waals surface area contributed by atoms with Crippen LogP contribution in [0, 0.1) is 20.8 Å². The Hall–Kier alpha value is -3.28. The lowest BCUT2D eigenvalue weighted by atomic mass is 9.85. The molecule has 2 heterocycles. The third-order valence-electron chi connectivity index (χ3n) is 4.36. The van der Waals surface area contributed by atoms with Crippen LogP contribution in [0.25, 0.3) is 0 Å². The molecule has 0 atom stereocenters. The maximum absolute atomic E-state index is 12.6. The summed E-state index contributed by atoms with van der Waals surface area (Å²) in [5, 5.41) is 20.9. The largest absolute Gasteiger partial charge is 0.507 e. The molecule has 0 unspecified atom stereocenters. The highest BCUT2D eigenvalue weighted by atomic mass is 16.3. The molecule has 2 aromatic heterocycles. The second-order valence-corrected chi connectivity index (χ2v) is 6.50. The van der Waals surface area contributed by atoms with E-state index in [0.717, 1.165) is 5.56 Å². The molecule has 0 spiro atoms. The fourth-order valence-electron chi connectivity index (χ4n) is 3.16. The molecule has 134 valence electrons. The number of aryl methyl sites for hydroxylation is 3. The number of hydrogen-bond donors (Lipinski definition) is 4. The highest BCUT2D eigenvalue weighted by molar-refractivity contribution is 5.51. The number of pyridine rings is 2. The lowest BCUT2D eigenvalue weighted by Crippen LogP contribution is -2.24. The van der Waals surface area contributed by atoms with E-state index in [1.807, 2.05) is 19.1 Å². The van der Waals surface area contributed by atoms with Crippen LogP contribution >= 0.6 is 0 Å². The van der Waals surface area contributed by atoms with E-state index in [2.05, 4.69) is 9.97 Å². The van der Waals surface area contributed by atoms with Crippen LogP contribution in [0.2, 0.25) is 0 Å². The minimum Gasteiger partial charge on any atom is -0.507 e. The van der Waals surface area contributed by atoms with Gasteiger partial charge in [-0.25, -0.2) is 0 Å². The van der Waals surface area contributed by atoms with Gasteiger partial charge in [0, 0.05) is 11.4 Å². The predicted octanol–water partition coefficient (Wildman–Crippen LogP) is 2.58. The second kappa shape index (κ2) is 6.55. The summed E-state index contributed by atoms with van der Waals surface area (Å²) in [6.45, 7) is 5.23. The normalized spacial score (nSPS) is 11.1. The molecule has 1 aromatic carbocycles. The quantitative estimate of drug-likeness (QED) is 0.581. The average Bonchev–Trinajstić information content (AvgIpc) is 2.52. The molecule has 0 saturated heterocycles. The van der Waals surface area contributed by atoms with Crippen molar-refractivity contribution in [1.29, 1.82) is 0 Å². The Labute approximate surface area is 149 Å². The van der Waals surface area contributed by atoms with Crippen molar-refractivity contribution >= 4 is 0 Å². The molecule has 0 fully saturated rings. The number of aromatic hydroxyl groups is 2. The zero-order chi connectivity index (χ0) is 19.0. The first-order valence-electron chi connectivity index (χ1n) is 8.20. The Kier molecular flexibility index (Phi) is 4.42. The van der Waals surface area contributed by atoms with Crippen molar-refractivity contribution < 1.29 is 10.2 Å². The number of aromatic nitrogens is 2. The fraction of sp³-hybridized carbons (Fsp3) is 0.200. The summed E-state index contributed by atoms with van der Waals surface area (Å²) in [5.74, 6) is -1.36. The Morgan fingerprint density at radius 2 is 1.19 bits per heavy atom. The topological polar surface area (TPSA) is 106 Å². The molecular formula is C20H20N2O4. The van der Waals surface area contributed by atoms with Gasteiger partial charge in [-0.3, -0.25) is 9.59 Å². The monoisotopic (exact) mass is 352 g/mol. The van der Waals surface area contributed by atoms with Gasteiger partial charge in [-0.15, -0.1) is 0 Å². The highest BCUT2D eigenvalue weighted by Gasteiger charge is 2.28. The van der Waals surface area contributed by atoms with E-state index in [-0.39, 0.29) is 22.6 Å².